The molecule has 1 aromatic heterocycles. The normalized spacial score (nSPS) is 11.1. The SMILES string of the molecule is COc1ccc2c(c1)nc1ccc(Cl)cc1[n+]2C. The van der Waals surface area contributed by atoms with Crippen molar-refractivity contribution in [1.29, 1.82) is 0 Å². The molecule has 0 saturated heterocycles. The summed E-state index contributed by atoms with van der Waals surface area (Å²) in [6.07, 6.45) is 0. The minimum atomic E-state index is 0.716. The maximum absolute atomic E-state index is 6.03. The molecule has 0 N–H and O–H groups in total. The molecule has 0 aliphatic heterocycles. The molecule has 3 rings (SSSR count). The summed E-state index contributed by atoms with van der Waals surface area (Å²) in [5.41, 5.74) is 3.89. The number of aromatic nitrogens is 2. The maximum atomic E-state index is 6.03. The van der Waals surface area contributed by atoms with Crippen molar-refractivity contribution in [3.8, 4) is 5.75 Å². The second-order valence-corrected chi connectivity index (χ2v) is 4.59. The molecule has 0 fully saturated rings. The molecule has 0 radical (unpaired) electrons. The van der Waals surface area contributed by atoms with Crippen molar-refractivity contribution < 1.29 is 9.30 Å². The summed E-state index contributed by atoms with van der Waals surface area (Å²) in [5, 5.41) is 0.716. The van der Waals surface area contributed by atoms with E-state index >= 15 is 0 Å². The van der Waals surface area contributed by atoms with Crippen LogP contribution in [0.1, 0.15) is 0 Å². The zero-order valence-electron chi connectivity index (χ0n) is 10.1. The van der Waals surface area contributed by atoms with Gasteiger partial charge >= 0.3 is 0 Å². The van der Waals surface area contributed by atoms with E-state index in [4.69, 9.17) is 16.3 Å². The van der Waals surface area contributed by atoms with Crippen LogP contribution in [0, 0.1) is 0 Å². The number of nitrogens with zero attached hydrogens (tertiary/aromatic N) is 2. The quantitative estimate of drug-likeness (QED) is 0.496. The van der Waals surface area contributed by atoms with E-state index in [-0.39, 0.29) is 0 Å². The van der Waals surface area contributed by atoms with Gasteiger partial charge in [0.15, 0.2) is 0 Å². The fourth-order valence-electron chi connectivity index (χ4n) is 2.12. The number of halogens is 1. The molecular formula is C14H12ClN2O+. The first kappa shape index (κ1) is 11.2. The molecule has 0 spiro atoms. The van der Waals surface area contributed by atoms with Crippen molar-refractivity contribution in [3.63, 3.8) is 0 Å². The predicted octanol–water partition coefficient (Wildman–Crippen LogP) is 2.87. The van der Waals surface area contributed by atoms with E-state index in [1.807, 2.05) is 43.4 Å². The van der Waals surface area contributed by atoms with Gasteiger partial charge < -0.3 is 4.74 Å². The number of hydrogen-bond donors (Lipinski definition) is 0. The summed E-state index contributed by atoms with van der Waals surface area (Å²) in [6.45, 7) is 0. The number of rotatable bonds is 1. The lowest BCUT2D eigenvalue weighted by molar-refractivity contribution is -0.617. The largest absolute Gasteiger partial charge is 0.497 e. The van der Waals surface area contributed by atoms with E-state index in [0.29, 0.717) is 5.02 Å². The molecule has 0 bridgehead atoms. The molecule has 2 aromatic carbocycles. The molecule has 0 saturated carbocycles. The third kappa shape index (κ3) is 1.68. The van der Waals surface area contributed by atoms with Crippen molar-refractivity contribution in [2.24, 2.45) is 7.05 Å². The van der Waals surface area contributed by atoms with Gasteiger partial charge in [0, 0.05) is 23.2 Å². The lowest BCUT2D eigenvalue weighted by Gasteiger charge is -2.03. The van der Waals surface area contributed by atoms with Crippen LogP contribution in [0.5, 0.6) is 5.75 Å². The van der Waals surface area contributed by atoms with Gasteiger partial charge in [-0.2, -0.15) is 4.57 Å². The Labute approximate surface area is 110 Å². The summed E-state index contributed by atoms with van der Waals surface area (Å²) < 4.78 is 7.31. The molecule has 3 nitrogen and oxygen atoms in total. The highest BCUT2D eigenvalue weighted by Gasteiger charge is 2.13. The Morgan fingerprint density at radius 2 is 1.89 bits per heavy atom. The minimum Gasteiger partial charge on any atom is -0.497 e. The Bertz CT molecular complexity index is 755. The van der Waals surface area contributed by atoms with Gasteiger partial charge in [-0.15, -0.1) is 0 Å². The highest BCUT2D eigenvalue weighted by Crippen LogP contribution is 2.21. The Morgan fingerprint density at radius 1 is 1.06 bits per heavy atom. The van der Waals surface area contributed by atoms with E-state index in [9.17, 15) is 0 Å². The van der Waals surface area contributed by atoms with Gasteiger partial charge in [0.25, 0.3) is 0 Å². The van der Waals surface area contributed by atoms with E-state index < -0.39 is 0 Å². The van der Waals surface area contributed by atoms with Crippen molar-refractivity contribution in [1.82, 2.24) is 4.98 Å². The van der Waals surface area contributed by atoms with Crippen LogP contribution in [0.4, 0.5) is 0 Å². The van der Waals surface area contributed by atoms with Crippen LogP contribution in [0.2, 0.25) is 5.02 Å². The van der Waals surface area contributed by atoms with Crippen molar-refractivity contribution in [3.05, 3.63) is 41.4 Å². The van der Waals surface area contributed by atoms with Gasteiger partial charge in [-0.3, -0.25) is 0 Å². The number of methoxy groups -OCH3 is 1. The maximum Gasteiger partial charge on any atom is 0.232 e. The minimum absolute atomic E-state index is 0.716. The van der Waals surface area contributed by atoms with Crippen LogP contribution < -0.4 is 9.30 Å². The van der Waals surface area contributed by atoms with E-state index in [1.165, 1.54) is 0 Å². The van der Waals surface area contributed by atoms with E-state index in [2.05, 4.69) is 9.55 Å². The van der Waals surface area contributed by atoms with Crippen LogP contribution in [-0.4, -0.2) is 12.1 Å². The number of hydrogen-bond acceptors (Lipinski definition) is 2. The Hall–Kier alpha value is -1.87. The standard InChI is InChI=1S/C14H12ClN2O/c1-17-13-6-4-10(18-2)8-12(13)16-11-5-3-9(15)7-14(11)17/h3-8H,1-2H3/q+1. The Kier molecular flexibility index (Phi) is 2.56. The molecular weight excluding hydrogens is 248 g/mol. The third-order valence-electron chi connectivity index (χ3n) is 3.08. The Balaban J connectivity index is 2.44. The van der Waals surface area contributed by atoms with E-state index in [1.54, 1.807) is 7.11 Å². The topological polar surface area (TPSA) is 26.0 Å². The van der Waals surface area contributed by atoms with Gasteiger partial charge in [0.05, 0.1) is 7.11 Å². The molecule has 90 valence electrons. The van der Waals surface area contributed by atoms with Crippen LogP contribution in [0.25, 0.3) is 22.1 Å². The van der Waals surface area contributed by atoms with Gasteiger partial charge in [0.1, 0.15) is 23.8 Å². The molecule has 0 aliphatic rings. The van der Waals surface area contributed by atoms with E-state index in [0.717, 1.165) is 27.8 Å². The molecule has 0 aliphatic carbocycles. The first-order chi connectivity index (χ1) is 8.69. The highest BCUT2D eigenvalue weighted by atomic mass is 35.5. The number of benzene rings is 2. The third-order valence-corrected chi connectivity index (χ3v) is 3.32. The van der Waals surface area contributed by atoms with Crippen molar-refractivity contribution >= 4 is 33.7 Å². The van der Waals surface area contributed by atoms with Crippen molar-refractivity contribution in [2.75, 3.05) is 7.11 Å². The van der Waals surface area contributed by atoms with Crippen molar-refractivity contribution in [2.45, 2.75) is 0 Å². The number of aryl methyl sites for hydroxylation is 1. The number of ether oxygens (including phenoxy) is 1. The van der Waals surface area contributed by atoms with Crippen LogP contribution in [0.15, 0.2) is 36.4 Å². The monoisotopic (exact) mass is 259 g/mol. The predicted molar refractivity (Wildman–Crippen MR) is 72.0 cm³/mol. The van der Waals surface area contributed by atoms with Gasteiger partial charge in [-0.25, -0.2) is 4.98 Å². The molecule has 4 heteroatoms. The lowest BCUT2D eigenvalue weighted by Crippen LogP contribution is -2.30. The first-order valence-corrected chi connectivity index (χ1v) is 6.00. The smallest absolute Gasteiger partial charge is 0.232 e. The molecule has 18 heavy (non-hydrogen) atoms. The highest BCUT2D eigenvalue weighted by molar-refractivity contribution is 6.31. The summed E-state index contributed by atoms with van der Waals surface area (Å²) in [5.74, 6) is 0.809. The first-order valence-electron chi connectivity index (χ1n) is 5.62. The van der Waals surface area contributed by atoms with Crippen LogP contribution in [0.3, 0.4) is 0 Å². The van der Waals surface area contributed by atoms with Crippen LogP contribution >= 0.6 is 11.6 Å². The summed E-state index contributed by atoms with van der Waals surface area (Å²) in [4.78, 5) is 4.63. The molecule has 0 atom stereocenters. The zero-order chi connectivity index (χ0) is 12.7. The lowest BCUT2D eigenvalue weighted by atomic mass is 10.2. The molecule has 0 unspecified atom stereocenters. The van der Waals surface area contributed by atoms with Gasteiger partial charge in [-0.05, 0) is 18.2 Å². The summed E-state index contributed by atoms with van der Waals surface area (Å²) in [7, 11) is 3.66. The Morgan fingerprint density at radius 3 is 2.67 bits per heavy atom. The fraction of sp³-hybridized carbons (Fsp3) is 0.143. The average molecular weight is 260 g/mol. The molecule has 3 aromatic rings. The fourth-order valence-corrected chi connectivity index (χ4v) is 2.29. The van der Waals surface area contributed by atoms with Gasteiger partial charge in [-0.1, -0.05) is 11.6 Å². The zero-order valence-corrected chi connectivity index (χ0v) is 10.9. The number of fused-ring (bicyclic) bond motifs is 2. The molecule has 1 heterocycles. The molecule has 0 amide bonds. The van der Waals surface area contributed by atoms with Crippen LogP contribution in [-0.2, 0) is 7.05 Å². The second-order valence-electron chi connectivity index (χ2n) is 4.16. The average Bonchev–Trinajstić information content (AvgIpc) is 2.39. The van der Waals surface area contributed by atoms with Gasteiger partial charge in [0.2, 0.25) is 11.0 Å². The summed E-state index contributed by atoms with van der Waals surface area (Å²) >= 11 is 6.03. The second kappa shape index (κ2) is 4.10. The summed E-state index contributed by atoms with van der Waals surface area (Å²) in [6, 6.07) is 11.6.